The molecule has 0 spiro atoms. The van der Waals surface area contributed by atoms with Gasteiger partial charge in [-0.25, -0.2) is 0 Å². The van der Waals surface area contributed by atoms with Crippen LogP contribution in [0.15, 0.2) is 0 Å². The topological polar surface area (TPSA) is 34.1 Å². The van der Waals surface area contributed by atoms with Crippen molar-refractivity contribution in [1.82, 2.24) is 0 Å². The molecule has 0 aromatic rings. The van der Waals surface area contributed by atoms with Crippen LogP contribution in [-0.4, -0.2) is 12.6 Å². The van der Waals surface area contributed by atoms with Crippen LogP contribution in [0, 0.1) is 10.8 Å². The Balaban J connectivity index is 4.59. The number of rotatable bonds is 3. The van der Waals surface area contributed by atoms with E-state index in [1.807, 2.05) is 12.6 Å². The summed E-state index contributed by atoms with van der Waals surface area (Å²) in [6, 6.07) is 0. The maximum absolute atomic E-state index is 10.3. The van der Waals surface area contributed by atoms with E-state index in [2.05, 4.69) is 0 Å². The van der Waals surface area contributed by atoms with E-state index in [0.717, 1.165) is 0 Å². The lowest BCUT2D eigenvalue weighted by Gasteiger charge is -2.29. The van der Waals surface area contributed by atoms with Gasteiger partial charge in [-0.15, -0.1) is 0 Å². The van der Waals surface area contributed by atoms with Crippen LogP contribution in [0.2, 0.25) is 0 Å². The summed E-state index contributed by atoms with van der Waals surface area (Å²) in [5, 5.41) is 0. The predicted octanol–water partition coefficient (Wildman–Crippen LogP) is 1.26. The second-order valence-electron chi connectivity index (χ2n) is 3.45. The van der Waals surface area contributed by atoms with Gasteiger partial charge in [0.05, 0.1) is 0 Å². The lowest BCUT2D eigenvalue weighted by atomic mass is 9.70. The lowest BCUT2D eigenvalue weighted by Crippen LogP contribution is -2.34. The van der Waals surface area contributed by atoms with Gasteiger partial charge in [-0.2, -0.15) is 0 Å². The Morgan fingerprint density at radius 2 is 1.00 bits per heavy atom. The molecule has 0 unspecified atom stereocenters. The molecule has 56 valence electrons. The van der Waals surface area contributed by atoms with Crippen LogP contribution in [0.4, 0.5) is 0 Å². The van der Waals surface area contributed by atoms with Crippen molar-refractivity contribution in [1.29, 1.82) is 0 Å². The zero-order valence-corrected chi connectivity index (χ0v) is 6.82. The van der Waals surface area contributed by atoms with Crippen molar-refractivity contribution in [3.8, 4) is 0 Å². The molecule has 2 radical (unpaired) electrons. The third-order valence-corrected chi connectivity index (χ3v) is 2.07. The van der Waals surface area contributed by atoms with Crippen molar-refractivity contribution in [3.05, 3.63) is 0 Å². The molecule has 2 heteroatoms. The molecular formula is C8H12O2. The van der Waals surface area contributed by atoms with Gasteiger partial charge in [0.15, 0.2) is 0 Å². The summed E-state index contributed by atoms with van der Waals surface area (Å²) < 4.78 is 0. The first-order valence-corrected chi connectivity index (χ1v) is 3.16. The Hall–Kier alpha value is -0.660. The van der Waals surface area contributed by atoms with E-state index >= 15 is 0 Å². The molecule has 0 heterocycles. The van der Waals surface area contributed by atoms with Gasteiger partial charge in [0.1, 0.15) is 0 Å². The standard InChI is InChI=1S/C8H12O2/c1-7(2,5-9)8(3,4)6-10/h1-4H3. The molecule has 0 saturated heterocycles. The Labute approximate surface area is 61.6 Å². The fraction of sp³-hybridized carbons (Fsp3) is 0.750. The van der Waals surface area contributed by atoms with Crippen LogP contribution in [0.3, 0.4) is 0 Å². The summed E-state index contributed by atoms with van der Waals surface area (Å²) >= 11 is 0. The summed E-state index contributed by atoms with van der Waals surface area (Å²) in [6.07, 6.45) is 3.64. The van der Waals surface area contributed by atoms with E-state index in [1.165, 1.54) is 0 Å². The molecule has 0 saturated carbocycles. The van der Waals surface area contributed by atoms with Gasteiger partial charge in [-0.05, 0) is 0 Å². The average molecular weight is 140 g/mol. The normalized spacial score (nSPS) is 12.8. The van der Waals surface area contributed by atoms with E-state index < -0.39 is 10.8 Å². The molecule has 10 heavy (non-hydrogen) atoms. The Morgan fingerprint density at radius 3 is 1.10 bits per heavy atom. The van der Waals surface area contributed by atoms with Crippen molar-refractivity contribution in [2.24, 2.45) is 10.8 Å². The van der Waals surface area contributed by atoms with Gasteiger partial charge in [-0.1, -0.05) is 27.7 Å². The second kappa shape index (κ2) is 2.52. The molecule has 0 rings (SSSR count). The maximum Gasteiger partial charge on any atom is 0.205 e. The van der Waals surface area contributed by atoms with Crippen LogP contribution in [-0.2, 0) is 9.59 Å². The largest absolute Gasteiger partial charge is 0.290 e. The Kier molecular flexibility index (Phi) is 2.36. The molecule has 2 nitrogen and oxygen atoms in total. The Bertz CT molecular complexity index is 127. The molecule has 0 aromatic carbocycles. The molecule has 0 atom stereocenters. The highest BCUT2D eigenvalue weighted by molar-refractivity contribution is 5.71. The van der Waals surface area contributed by atoms with Crippen LogP contribution < -0.4 is 0 Å². The smallest absolute Gasteiger partial charge is 0.205 e. The first-order valence-electron chi connectivity index (χ1n) is 3.16. The van der Waals surface area contributed by atoms with Crippen molar-refractivity contribution >= 4 is 12.6 Å². The van der Waals surface area contributed by atoms with Crippen LogP contribution >= 0.6 is 0 Å². The van der Waals surface area contributed by atoms with Crippen molar-refractivity contribution in [2.75, 3.05) is 0 Å². The predicted molar refractivity (Wildman–Crippen MR) is 38.9 cm³/mol. The van der Waals surface area contributed by atoms with Gasteiger partial charge in [0.25, 0.3) is 0 Å². The highest BCUT2D eigenvalue weighted by Crippen LogP contribution is 2.33. The number of hydrogen-bond donors (Lipinski definition) is 0. The third kappa shape index (κ3) is 1.43. The van der Waals surface area contributed by atoms with E-state index in [9.17, 15) is 9.59 Å². The fourth-order valence-electron chi connectivity index (χ4n) is 0.255. The maximum atomic E-state index is 10.3. The highest BCUT2D eigenvalue weighted by atomic mass is 16.1. The Morgan fingerprint density at radius 1 is 0.800 bits per heavy atom. The SMILES string of the molecule is CC(C)([C]=O)C(C)(C)[C]=O. The third-order valence-electron chi connectivity index (χ3n) is 2.07. The summed E-state index contributed by atoms with van der Waals surface area (Å²) in [4.78, 5) is 20.7. The highest BCUT2D eigenvalue weighted by Gasteiger charge is 2.38. The zero-order chi connectivity index (χ0) is 8.41. The minimum Gasteiger partial charge on any atom is -0.290 e. The van der Waals surface area contributed by atoms with Gasteiger partial charge < -0.3 is 0 Å². The van der Waals surface area contributed by atoms with Crippen molar-refractivity contribution in [2.45, 2.75) is 27.7 Å². The van der Waals surface area contributed by atoms with Gasteiger partial charge >= 0.3 is 0 Å². The van der Waals surface area contributed by atoms with Gasteiger partial charge in [0.2, 0.25) is 12.6 Å². The molecular weight excluding hydrogens is 128 g/mol. The summed E-state index contributed by atoms with van der Waals surface area (Å²) in [5.74, 6) is 0. The molecule has 0 bridgehead atoms. The molecule has 0 aliphatic rings. The van der Waals surface area contributed by atoms with Gasteiger partial charge in [-0.3, -0.25) is 9.59 Å². The van der Waals surface area contributed by atoms with Crippen LogP contribution in [0.1, 0.15) is 27.7 Å². The van der Waals surface area contributed by atoms with Crippen LogP contribution in [0.5, 0.6) is 0 Å². The summed E-state index contributed by atoms with van der Waals surface area (Å²) in [6.45, 7) is 6.69. The zero-order valence-electron chi connectivity index (χ0n) is 6.82. The van der Waals surface area contributed by atoms with Crippen molar-refractivity contribution < 1.29 is 9.59 Å². The first-order chi connectivity index (χ1) is 4.37. The molecule has 0 aromatic heterocycles. The summed E-state index contributed by atoms with van der Waals surface area (Å²) in [5.41, 5.74) is -1.48. The van der Waals surface area contributed by atoms with E-state index in [0.29, 0.717) is 0 Å². The number of carbonyl (C=O) groups excluding carboxylic acids is 2. The monoisotopic (exact) mass is 140 g/mol. The summed E-state index contributed by atoms with van der Waals surface area (Å²) in [7, 11) is 0. The number of hydrogen-bond acceptors (Lipinski definition) is 2. The van der Waals surface area contributed by atoms with E-state index in [-0.39, 0.29) is 0 Å². The molecule has 0 aliphatic carbocycles. The quantitative estimate of drug-likeness (QED) is 0.591. The average Bonchev–Trinajstić information content (AvgIpc) is 1.88. The second-order valence-corrected chi connectivity index (χ2v) is 3.45. The van der Waals surface area contributed by atoms with E-state index in [4.69, 9.17) is 0 Å². The van der Waals surface area contributed by atoms with Crippen LogP contribution in [0.25, 0.3) is 0 Å². The van der Waals surface area contributed by atoms with Gasteiger partial charge in [0, 0.05) is 10.8 Å². The fourth-order valence-corrected chi connectivity index (χ4v) is 0.255. The lowest BCUT2D eigenvalue weighted by molar-refractivity contribution is 0.262. The molecule has 0 aliphatic heterocycles. The minimum atomic E-state index is -0.741. The molecule has 0 fully saturated rings. The van der Waals surface area contributed by atoms with E-state index in [1.54, 1.807) is 27.7 Å². The van der Waals surface area contributed by atoms with Crippen molar-refractivity contribution in [3.63, 3.8) is 0 Å². The molecule has 0 amide bonds. The molecule has 0 N–H and O–H groups in total. The first kappa shape index (κ1) is 9.34. The minimum absolute atomic E-state index is 0.741.